The lowest BCUT2D eigenvalue weighted by molar-refractivity contribution is -0.117. The van der Waals surface area contributed by atoms with Crippen LogP contribution in [0.4, 0.5) is 4.79 Å². The maximum absolute atomic E-state index is 12.0. The van der Waals surface area contributed by atoms with E-state index in [4.69, 9.17) is 4.74 Å². The van der Waals surface area contributed by atoms with Gasteiger partial charge >= 0.3 is 6.03 Å². The Morgan fingerprint density at radius 2 is 1.93 bits per heavy atom. The van der Waals surface area contributed by atoms with Crippen molar-refractivity contribution in [2.45, 2.75) is 38.9 Å². The van der Waals surface area contributed by atoms with Gasteiger partial charge in [-0.3, -0.25) is 10.1 Å². The number of ether oxygens (including phenoxy) is 1. The predicted molar refractivity (Wildman–Crippen MR) is 109 cm³/mol. The van der Waals surface area contributed by atoms with Crippen LogP contribution in [0.15, 0.2) is 29.4 Å². The fraction of sp³-hybridized carbons (Fsp3) is 0.474. The molecule has 28 heavy (non-hydrogen) atoms. The van der Waals surface area contributed by atoms with Gasteiger partial charge in [0, 0.05) is 18.7 Å². The molecule has 2 aromatic rings. The summed E-state index contributed by atoms with van der Waals surface area (Å²) in [5, 5.41) is 14.1. The van der Waals surface area contributed by atoms with Gasteiger partial charge in [0.05, 0.1) is 12.9 Å². The van der Waals surface area contributed by atoms with Crippen LogP contribution in [0.3, 0.4) is 0 Å². The lowest BCUT2D eigenvalue weighted by Gasteiger charge is -2.09. The van der Waals surface area contributed by atoms with Crippen molar-refractivity contribution >= 4 is 23.7 Å². The van der Waals surface area contributed by atoms with Crippen LogP contribution in [0.1, 0.15) is 27.2 Å². The van der Waals surface area contributed by atoms with Crippen LogP contribution in [0.25, 0.3) is 11.4 Å². The van der Waals surface area contributed by atoms with Gasteiger partial charge in [0.25, 0.3) is 0 Å². The molecular formula is C19H27N5O3S. The SMILES string of the molecule is CCn1c(SCC(=O)NC(=O)NCCC(C)C)nnc1-c1ccc(OC)cc1. The summed E-state index contributed by atoms with van der Waals surface area (Å²) in [4.78, 5) is 23.7. The van der Waals surface area contributed by atoms with Crippen LogP contribution >= 0.6 is 11.8 Å². The molecule has 2 rings (SSSR count). The number of hydrogen-bond acceptors (Lipinski definition) is 6. The summed E-state index contributed by atoms with van der Waals surface area (Å²) in [6.07, 6.45) is 0.865. The molecule has 152 valence electrons. The van der Waals surface area contributed by atoms with Gasteiger partial charge in [0.15, 0.2) is 11.0 Å². The van der Waals surface area contributed by atoms with E-state index in [1.165, 1.54) is 11.8 Å². The summed E-state index contributed by atoms with van der Waals surface area (Å²) < 4.78 is 7.11. The van der Waals surface area contributed by atoms with Crippen molar-refractivity contribution in [2.75, 3.05) is 19.4 Å². The highest BCUT2D eigenvalue weighted by Crippen LogP contribution is 2.25. The Balaban J connectivity index is 1.92. The van der Waals surface area contributed by atoms with Crippen molar-refractivity contribution < 1.29 is 14.3 Å². The molecule has 0 spiro atoms. The van der Waals surface area contributed by atoms with E-state index in [0.29, 0.717) is 24.2 Å². The molecule has 0 fully saturated rings. The van der Waals surface area contributed by atoms with E-state index in [2.05, 4.69) is 34.7 Å². The number of rotatable bonds is 9. The average molecular weight is 406 g/mol. The Labute approximate surface area is 169 Å². The molecular weight excluding hydrogens is 378 g/mol. The molecule has 0 bridgehead atoms. The number of thioether (sulfide) groups is 1. The number of aromatic nitrogens is 3. The van der Waals surface area contributed by atoms with Crippen molar-refractivity contribution in [1.82, 2.24) is 25.4 Å². The topological polar surface area (TPSA) is 98.1 Å². The molecule has 3 amide bonds. The molecule has 0 unspecified atom stereocenters. The number of hydrogen-bond donors (Lipinski definition) is 2. The first kappa shape index (κ1) is 21.7. The van der Waals surface area contributed by atoms with Crippen molar-refractivity contribution in [3.8, 4) is 17.1 Å². The number of imide groups is 1. The van der Waals surface area contributed by atoms with Crippen LogP contribution < -0.4 is 15.4 Å². The van der Waals surface area contributed by atoms with E-state index in [1.54, 1.807) is 7.11 Å². The van der Waals surface area contributed by atoms with E-state index < -0.39 is 6.03 Å². The molecule has 1 heterocycles. The summed E-state index contributed by atoms with van der Waals surface area (Å²) in [7, 11) is 1.62. The minimum Gasteiger partial charge on any atom is -0.497 e. The molecule has 9 heteroatoms. The van der Waals surface area contributed by atoms with E-state index in [1.807, 2.05) is 35.8 Å². The third-order valence-corrected chi connectivity index (χ3v) is 4.94. The van der Waals surface area contributed by atoms with Gasteiger partial charge in [-0.2, -0.15) is 0 Å². The first-order valence-electron chi connectivity index (χ1n) is 9.22. The second-order valence-corrected chi connectivity index (χ2v) is 7.50. The molecule has 1 aromatic carbocycles. The average Bonchev–Trinajstić information content (AvgIpc) is 3.09. The summed E-state index contributed by atoms with van der Waals surface area (Å²) in [5.74, 6) is 1.69. The monoisotopic (exact) mass is 405 g/mol. The number of urea groups is 1. The minimum absolute atomic E-state index is 0.0817. The third kappa shape index (κ3) is 6.26. The zero-order chi connectivity index (χ0) is 20.5. The van der Waals surface area contributed by atoms with Gasteiger partial charge in [-0.15, -0.1) is 10.2 Å². The summed E-state index contributed by atoms with van der Waals surface area (Å²) >= 11 is 1.25. The quantitative estimate of drug-likeness (QED) is 0.623. The lowest BCUT2D eigenvalue weighted by atomic mass is 10.1. The highest BCUT2D eigenvalue weighted by molar-refractivity contribution is 7.99. The van der Waals surface area contributed by atoms with Crippen molar-refractivity contribution in [3.05, 3.63) is 24.3 Å². The van der Waals surface area contributed by atoms with Gasteiger partial charge in [0.1, 0.15) is 5.75 Å². The zero-order valence-electron chi connectivity index (χ0n) is 16.7. The molecule has 0 atom stereocenters. The molecule has 0 aliphatic rings. The molecule has 2 N–H and O–H groups in total. The Bertz CT molecular complexity index is 789. The Morgan fingerprint density at radius 1 is 1.21 bits per heavy atom. The van der Waals surface area contributed by atoms with E-state index >= 15 is 0 Å². The molecule has 0 saturated heterocycles. The fourth-order valence-corrected chi connectivity index (χ4v) is 3.25. The Hall–Kier alpha value is -2.55. The summed E-state index contributed by atoms with van der Waals surface area (Å²) in [6, 6.07) is 7.08. The molecule has 0 radical (unpaired) electrons. The lowest BCUT2D eigenvalue weighted by Crippen LogP contribution is -2.40. The maximum Gasteiger partial charge on any atom is 0.321 e. The highest BCUT2D eigenvalue weighted by atomic mass is 32.2. The standard InChI is InChI=1S/C19H27N5O3S/c1-5-24-17(14-6-8-15(27-4)9-7-14)22-23-19(24)28-12-16(25)21-18(26)20-11-10-13(2)3/h6-9,13H,5,10-12H2,1-4H3,(H2,20,21,25,26). The molecule has 0 aliphatic heterocycles. The highest BCUT2D eigenvalue weighted by Gasteiger charge is 2.15. The number of benzene rings is 1. The fourth-order valence-electron chi connectivity index (χ4n) is 2.45. The van der Waals surface area contributed by atoms with Gasteiger partial charge < -0.3 is 14.6 Å². The first-order valence-corrected chi connectivity index (χ1v) is 10.2. The Kier molecular flexibility index (Phi) is 8.31. The first-order chi connectivity index (χ1) is 13.4. The molecule has 1 aromatic heterocycles. The third-order valence-electron chi connectivity index (χ3n) is 3.97. The van der Waals surface area contributed by atoms with Crippen LogP contribution in [0, 0.1) is 5.92 Å². The zero-order valence-corrected chi connectivity index (χ0v) is 17.5. The Morgan fingerprint density at radius 3 is 2.54 bits per heavy atom. The normalized spacial score (nSPS) is 10.8. The second kappa shape index (κ2) is 10.7. The maximum atomic E-state index is 12.0. The molecule has 0 aliphatic carbocycles. The van der Waals surface area contributed by atoms with Crippen LogP contribution in [0.2, 0.25) is 0 Å². The molecule has 0 saturated carbocycles. The van der Waals surface area contributed by atoms with Gasteiger partial charge in [-0.1, -0.05) is 25.6 Å². The van der Waals surface area contributed by atoms with Crippen molar-refractivity contribution in [3.63, 3.8) is 0 Å². The smallest absolute Gasteiger partial charge is 0.321 e. The van der Waals surface area contributed by atoms with Crippen LogP contribution in [-0.4, -0.2) is 46.1 Å². The minimum atomic E-state index is -0.470. The van der Waals surface area contributed by atoms with E-state index in [0.717, 1.165) is 23.6 Å². The van der Waals surface area contributed by atoms with Crippen molar-refractivity contribution in [1.29, 1.82) is 0 Å². The number of methoxy groups -OCH3 is 1. The summed E-state index contributed by atoms with van der Waals surface area (Å²) in [6.45, 7) is 7.34. The van der Waals surface area contributed by atoms with Crippen LogP contribution in [0.5, 0.6) is 5.75 Å². The van der Waals surface area contributed by atoms with Gasteiger partial charge in [-0.05, 0) is 43.5 Å². The molecule has 8 nitrogen and oxygen atoms in total. The number of amides is 3. The predicted octanol–water partition coefficient (Wildman–Crippen LogP) is 2.94. The second-order valence-electron chi connectivity index (χ2n) is 6.55. The van der Waals surface area contributed by atoms with Gasteiger partial charge in [0.2, 0.25) is 5.91 Å². The largest absolute Gasteiger partial charge is 0.497 e. The number of nitrogens with one attached hydrogen (secondary N) is 2. The number of carbonyl (C=O) groups is 2. The summed E-state index contributed by atoms with van der Waals surface area (Å²) in [5.41, 5.74) is 0.913. The van der Waals surface area contributed by atoms with Gasteiger partial charge in [-0.25, -0.2) is 4.79 Å². The van der Waals surface area contributed by atoms with E-state index in [-0.39, 0.29) is 11.7 Å². The number of nitrogens with zero attached hydrogens (tertiary/aromatic N) is 3. The van der Waals surface area contributed by atoms with Crippen molar-refractivity contribution in [2.24, 2.45) is 5.92 Å². The number of carbonyl (C=O) groups excluding carboxylic acids is 2. The van der Waals surface area contributed by atoms with E-state index in [9.17, 15) is 9.59 Å². The van der Waals surface area contributed by atoms with Crippen LogP contribution in [-0.2, 0) is 11.3 Å².